The van der Waals surface area contributed by atoms with Crippen molar-refractivity contribution in [2.75, 3.05) is 0 Å². The van der Waals surface area contributed by atoms with Gasteiger partial charge in [-0.2, -0.15) is 0 Å². The Hall–Kier alpha value is -1.57. The van der Waals surface area contributed by atoms with Gasteiger partial charge in [-0.3, -0.25) is 0 Å². The molecule has 2 aromatic rings. The van der Waals surface area contributed by atoms with Crippen LogP contribution in [0.2, 0.25) is 0 Å². The number of aromatic nitrogens is 2. The highest BCUT2D eigenvalue weighted by Gasteiger charge is 2.07. The van der Waals surface area contributed by atoms with Crippen molar-refractivity contribution >= 4 is 17.1 Å². The number of hydrogen-bond donors (Lipinski definition) is 0. The van der Waals surface area contributed by atoms with Crippen molar-refractivity contribution in [3.8, 4) is 0 Å². The van der Waals surface area contributed by atoms with E-state index in [1.807, 2.05) is 6.33 Å². The summed E-state index contributed by atoms with van der Waals surface area (Å²) in [6, 6.07) is 6.27. The van der Waals surface area contributed by atoms with Gasteiger partial charge in [0.25, 0.3) is 0 Å². The maximum Gasteiger partial charge on any atom is 0.0958 e. The summed E-state index contributed by atoms with van der Waals surface area (Å²) >= 11 is 0. The normalized spacial score (nSPS) is 14.8. The molecule has 0 spiro atoms. The van der Waals surface area contributed by atoms with Crippen molar-refractivity contribution in [1.82, 2.24) is 9.55 Å². The van der Waals surface area contributed by atoms with Crippen LogP contribution < -0.4 is 0 Å². The molecular weight excluding hydrogens is 160 g/mol. The molecule has 0 N–H and O–H groups in total. The van der Waals surface area contributed by atoms with E-state index < -0.39 is 0 Å². The molecule has 0 fully saturated rings. The second kappa shape index (κ2) is 2.46. The summed E-state index contributed by atoms with van der Waals surface area (Å²) in [5.41, 5.74) is 3.66. The summed E-state index contributed by atoms with van der Waals surface area (Å²) in [6.07, 6.45) is 7.44. The lowest BCUT2D eigenvalue weighted by Crippen LogP contribution is -1.93. The van der Waals surface area contributed by atoms with E-state index in [-0.39, 0.29) is 0 Å². The standard InChI is InChI=1S/C11H10N2/c1-2-7-13-8-12-10-6-3-5-9(4-1)11(10)13/h1,3-6,8H,2,7H2. The van der Waals surface area contributed by atoms with Gasteiger partial charge in [0.2, 0.25) is 0 Å². The Balaban J connectivity index is 2.48. The number of allylic oxidation sites excluding steroid dienone is 1. The lowest BCUT2D eigenvalue weighted by molar-refractivity contribution is 0.735. The lowest BCUT2D eigenvalue weighted by atomic mass is 10.2. The quantitative estimate of drug-likeness (QED) is 0.593. The largest absolute Gasteiger partial charge is 0.330 e. The van der Waals surface area contributed by atoms with Gasteiger partial charge < -0.3 is 4.57 Å². The fourth-order valence-corrected chi connectivity index (χ4v) is 1.88. The minimum absolute atomic E-state index is 1.05. The molecule has 0 radical (unpaired) electrons. The molecule has 0 atom stereocenters. The zero-order valence-electron chi connectivity index (χ0n) is 7.27. The van der Waals surface area contributed by atoms with Gasteiger partial charge in [0.05, 0.1) is 17.4 Å². The predicted molar refractivity (Wildman–Crippen MR) is 53.4 cm³/mol. The van der Waals surface area contributed by atoms with Crippen molar-refractivity contribution in [3.05, 3.63) is 36.2 Å². The maximum atomic E-state index is 4.36. The Morgan fingerprint density at radius 1 is 1.31 bits per heavy atom. The van der Waals surface area contributed by atoms with Crippen LogP contribution in [0.4, 0.5) is 0 Å². The molecule has 0 bridgehead atoms. The fraction of sp³-hybridized carbons (Fsp3) is 0.182. The second-order valence-electron chi connectivity index (χ2n) is 3.34. The van der Waals surface area contributed by atoms with Crippen LogP contribution in [0.25, 0.3) is 17.1 Å². The number of imidazole rings is 1. The Morgan fingerprint density at radius 3 is 3.31 bits per heavy atom. The highest BCUT2D eigenvalue weighted by Crippen LogP contribution is 2.21. The van der Waals surface area contributed by atoms with Crippen LogP contribution in [-0.2, 0) is 6.54 Å². The molecular formula is C11H10N2. The molecule has 0 unspecified atom stereocenters. The summed E-state index contributed by atoms with van der Waals surface area (Å²) in [7, 11) is 0. The van der Waals surface area contributed by atoms with E-state index in [2.05, 4.69) is 39.9 Å². The van der Waals surface area contributed by atoms with Crippen molar-refractivity contribution in [2.24, 2.45) is 0 Å². The van der Waals surface area contributed by atoms with E-state index in [0.717, 1.165) is 18.5 Å². The van der Waals surface area contributed by atoms with E-state index in [0.29, 0.717) is 0 Å². The molecule has 0 saturated carbocycles. The average molecular weight is 170 g/mol. The molecule has 0 aliphatic carbocycles. The van der Waals surface area contributed by atoms with Gasteiger partial charge in [-0.15, -0.1) is 0 Å². The molecule has 1 aromatic heterocycles. The number of nitrogens with zero attached hydrogens (tertiary/aromatic N) is 2. The molecule has 13 heavy (non-hydrogen) atoms. The molecule has 2 heterocycles. The predicted octanol–water partition coefficient (Wildman–Crippen LogP) is 2.45. The van der Waals surface area contributed by atoms with Crippen LogP contribution in [0, 0.1) is 0 Å². The van der Waals surface area contributed by atoms with Gasteiger partial charge in [-0.25, -0.2) is 4.98 Å². The number of hydrogen-bond acceptors (Lipinski definition) is 1. The molecule has 1 aliphatic rings. The van der Waals surface area contributed by atoms with Crippen molar-refractivity contribution in [1.29, 1.82) is 0 Å². The average Bonchev–Trinajstić information content (AvgIpc) is 2.44. The number of para-hydroxylation sites is 1. The van der Waals surface area contributed by atoms with Crippen molar-refractivity contribution in [2.45, 2.75) is 13.0 Å². The summed E-state index contributed by atoms with van der Waals surface area (Å²) in [6.45, 7) is 1.05. The minimum Gasteiger partial charge on any atom is -0.330 e. The highest BCUT2D eigenvalue weighted by atomic mass is 15.0. The summed E-state index contributed by atoms with van der Waals surface area (Å²) in [5, 5.41) is 0. The Kier molecular flexibility index (Phi) is 1.30. The van der Waals surface area contributed by atoms with E-state index in [4.69, 9.17) is 0 Å². The number of benzene rings is 1. The summed E-state index contributed by atoms with van der Waals surface area (Å²) in [4.78, 5) is 4.36. The smallest absolute Gasteiger partial charge is 0.0958 e. The van der Waals surface area contributed by atoms with Crippen LogP contribution in [0.3, 0.4) is 0 Å². The van der Waals surface area contributed by atoms with Gasteiger partial charge in [-0.05, 0) is 12.5 Å². The molecule has 64 valence electrons. The molecule has 1 aliphatic heterocycles. The van der Waals surface area contributed by atoms with E-state index in [9.17, 15) is 0 Å². The SMILES string of the molecule is C1=Cc2cccc3ncn(c23)CC1. The zero-order valence-corrected chi connectivity index (χ0v) is 7.27. The second-order valence-corrected chi connectivity index (χ2v) is 3.34. The van der Waals surface area contributed by atoms with E-state index in [1.165, 1.54) is 11.1 Å². The zero-order chi connectivity index (χ0) is 8.67. The van der Waals surface area contributed by atoms with Crippen LogP contribution in [-0.4, -0.2) is 9.55 Å². The summed E-state index contributed by atoms with van der Waals surface area (Å²) in [5.74, 6) is 0. The third-order valence-corrected chi connectivity index (χ3v) is 2.50. The highest BCUT2D eigenvalue weighted by molar-refractivity contribution is 5.85. The first-order chi connectivity index (χ1) is 6.45. The first-order valence-electron chi connectivity index (χ1n) is 4.55. The van der Waals surface area contributed by atoms with Gasteiger partial charge in [-0.1, -0.05) is 24.3 Å². The Morgan fingerprint density at radius 2 is 2.31 bits per heavy atom. The van der Waals surface area contributed by atoms with E-state index >= 15 is 0 Å². The van der Waals surface area contributed by atoms with Gasteiger partial charge >= 0.3 is 0 Å². The molecule has 2 heteroatoms. The van der Waals surface area contributed by atoms with Gasteiger partial charge in [0, 0.05) is 12.1 Å². The van der Waals surface area contributed by atoms with Crippen LogP contribution in [0.15, 0.2) is 30.6 Å². The first-order valence-corrected chi connectivity index (χ1v) is 4.55. The third kappa shape index (κ3) is 0.917. The van der Waals surface area contributed by atoms with Crippen molar-refractivity contribution in [3.63, 3.8) is 0 Å². The number of rotatable bonds is 0. The van der Waals surface area contributed by atoms with Crippen molar-refractivity contribution < 1.29 is 0 Å². The molecule has 1 aromatic carbocycles. The summed E-state index contributed by atoms with van der Waals surface area (Å²) < 4.78 is 2.23. The van der Waals surface area contributed by atoms with Gasteiger partial charge in [0.1, 0.15) is 0 Å². The third-order valence-electron chi connectivity index (χ3n) is 2.50. The van der Waals surface area contributed by atoms with Crippen LogP contribution in [0.5, 0.6) is 0 Å². The number of aryl methyl sites for hydroxylation is 1. The maximum absolute atomic E-state index is 4.36. The Labute approximate surface area is 76.5 Å². The van der Waals surface area contributed by atoms with Crippen LogP contribution in [0.1, 0.15) is 12.0 Å². The van der Waals surface area contributed by atoms with Crippen LogP contribution >= 0.6 is 0 Å². The van der Waals surface area contributed by atoms with E-state index in [1.54, 1.807) is 0 Å². The lowest BCUT2D eigenvalue weighted by Gasteiger charge is -2.00. The monoisotopic (exact) mass is 170 g/mol. The van der Waals surface area contributed by atoms with Gasteiger partial charge in [0.15, 0.2) is 0 Å². The molecule has 0 saturated heterocycles. The first kappa shape index (κ1) is 6.89. The fourth-order valence-electron chi connectivity index (χ4n) is 1.88. The Bertz CT molecular complexity index is 480. The minimum atomic E-state index is 1.05. The molecule has 0 amide bonds. The molecule has 2 nitrogen and oxygen atoms in total. The topological polar surface area (TPSA) is 17.8 Å². The molecule has 3 rings (SSSR count).